The average molecular weight is 302 g/mol. The van der Waals surface area contributed by atoms with Gasteiger partial charge in [-0.05, 0) is 42.3 Å². The molecule has 1 aliphatic heterocycles. The highest BCUT2D eigenvalue weighted by atomic mass is 28.4. The Hall–Kier alpha value is -1.48. The zero-order chi connectivity index (χ0) is 15.7. The van der Waals surface area contributed by atoms with Crippen LogP contribution in [0.2, 0.25) is 18.1 Å². The number of para-hydroxylation sites is 1. The van der Waals surface area contributed by atoms with Crippen molar-refractivity contribution in [2.75, 3.05) is 11.4 Å². The van der Waals surface area contributed by atoms with E-state index in [2.05, 4.69) is 75.8 Å². The standard InChI is InChI=1S/C18H27NOSi/c1-15(20-21(5,6)18(2,3)4)11-13-19-14-12-16-9-7-8-10-17(16)19/h7-11,13H,1,12,14H2,2-6H3/b13-11+. The molecule has 0 radical (unpaired) electrons. The Morgan fingerprint density at radius 1 is 1.29 bits per heavy atom. The van der Waals surface area contributed by atoms with Crippen molar-refractivity contribution < 1.29 is 4.43 Å². The quantitative estimate of drug-likeness (QED) is 0.436. The molecule has 0 saturated heterocycles. The highest BCUT2D eigenvalue weighted by Gasteiger charge is 2.38. The van der Waals surface area contributed by atoms with Crippen molar-refractivity contribution in [2.45, 2.75) is 45.3 Å². The van der Waals surface area contributed by atoms with Gasteiger partial charge in [-0.3, -0.25) is 0 Å². The number of nitrogens with zero attached hydrogens (tertiary/aromatic N) is 1. The molecule has 0 aliphatic carbocycles. The van der Waals surface area contributed by atoms with Crippen molar-refractivity contribution in [3.8, 4) is 0 Å². The van der Waals surface area contributed by atoms with Crippen molar-refractivity contribution in [2.24, 2.45) is 0 Å². The van der Waals surface area contributed by atoms with Gasteiger partial charge in [0.25, 0.3) is 0 Å². The molecule has 0 unspecified atom stereocenters. The number of rotatable bonds is 4. The van der Waals surface area contributed by atoms with E-state index in [4.69, 9.17) is 4.43 Å². The fraction of sp³-hybridized carbons (Fsp3) is 0.444. The molecule has 0 saturated carbocycles. The monoisotopic (exact) mass is 301 g/mol. The van der Waals surface area contributed by atoms with Crippen molar-refractivity contribution in [1.29, 1.82) is 0 Å². The Kier molecular flexibility index (Phi) is 4.33. The molecule has 0 amide bonds. The Bertz CT molecular complexity index is 555. The molecule has 1 aliphatic rings. The van der Waals surface area contributed by atoms with Crippen LogP contribution in [0.15, 0.2) is 48.9 Å². The van der Waals surface area contributed by atoms with Gasteiger partial charge in [0, 0.05) is 18.4 Å². The molecular formula is C18H27NOSi. The molecule has 1 heterocycles. The first-order chi connectivity index (χ1) is 9.71. The Balaban J connectivity index is 2.01. The van der Waals surface area contributed by atoms with E-state index in [1.807, 2.05) is 6.08 Å². The van der Waals surface area contributed by atoms with Crippen molar-refractivity contribution in [3.63, 3.8) is 0 Å². The van der Waals surface area contributed by atoms with Gasteiger partial charge in [0.15, 0.2) is 0 Å². The molecule has 2 rings (SSSR count). The van der Waals surface area contributed by atoms with Gasteiger partial charge in [-0.2, -0.15) is 0 Å². The molecule has 0 atom stereocenters. The summed E-state index contributed by atoms with van der Waals surface area (Å²) in [7, 11) is -1.79. The van der Waals surface area contributed by atoms with Crippen molar-refractivity contribution >= 4 is 14.0 Å². The summed E-state index contributed by atoms with van der Waals surface area (Å²) < 4.78 is 6.18. The first-order valence-corrected chi connectivity index (χ1v) is 10.5. The number of allylic oxidation sites excluding steroid dienone is 1. The number of fused-ring (bicyclic) bond motifs is 1. The van der Waals surface area contributed by atoms with Crippen LogP contribution in [-0.2, 0) is 10.8 Å². The second-order valence-corrected chi connectivity index (χ2v) is 11.9. The largest absolute Gasteiger partial charge is 0.544 e. The maximum atomic E-state index is 6.18. The molecule has 2 nitrogen and oxygen atoms in total. The molecule has 21 heavy (non-hydrogen) atoms. The fourth-order valence-electron chi connectivity index (χ4n) is 2.21. The summed E-state index contributed by atoms with van der Waals surface area (Å²) in [5, 5.41) is 0.198. The Morgan fingerprint density at radius 2 is 1.95 bits per heavy atom. The molecule has 0 fully saturated rings. The highest BCUT2D eigenvalue weighted by Crippen LogP contribution is 2.38. The smallest absolute Gasteiger partial charge is 0.250 e. The zero-order valence-electron chi connectivity index (χ0n) is 13.9. The molecule has 1 aromatic carbocycles. The highest BCUT2D eigenvalue weighted by molar-refractivity contribution is 6.74. The van der Waals surface area contributed by atoms with Crippen LogP contribution in [0.4, 0.5) is 5.69 Å². The Morgan fingerprint density at radius 3 is 2.62 bits per heavy atom. The maximum Gasteiger partial charge on any atom is 0.250 e. The van der Waals surface area contributed by atoms with Crippen LogP contribution in [-0.4, -0.2) is 14.9 Å². The van der Waals surface area contributed by atoms with Gasteiger partial charge in [0.2, 0.25) is 8.32 Å². The summed E-state index contributed by atoms with van der Waals surface area (Å²) in [4.78, 5) is 2.27. The second-order valence-electron chi connectivity index (χ2n) is 7.22. The van der Waals surface area contributed by atoms with E-state index < -0.39 is 8.32 Å². The van der Waals surface area contributed by atoms with E-state index in [1.165, 1.54) is 11.3 Å². The molecule has 114 valence electrons. The summed E-state index contributed by atoms with van der Waals surface area (Å²) in [6.07, 6.45) is 5.21. The topological polar surface area (TPSA) is 12.5 Å². The summed E-state index contributed by atoms with van der Waals surface area (Å²) in [6, 6.07) is 8.56. The summed E-state index contributed by atoms with van der Waals surface area (Å²) in [6.45, 7) is 16.3. The van der Waals surface area contributed by atoms with Gasteiger partial charge >= 0.3 is 0 Å². The first kappa shape index (κ1) is 15.9. The second kappa shape index (κ2) is 5.72. The van der Waals surface area contributed by atoms with E-state index in [0.717, 1.165) is 18.7 Å². The molecule has 1 aromatic rings. The minimum atomic E-state index is -1.79. The van der Waals surface area contributed by atoms with Crippen molar-refractivity contribution in [1.82, 2.24) is 0 Å². The molecule has 0 spiro atoms. The minimum absolute atomic E-state index is 0.198. The van der Waals surface area contributed by atoms with Gasteiger partial charge in [-0.15, -0.1) is 0 Å². The predicted molar refractivity (Wildman–Crippen MR) is 94.1 cm³/mol. The van der Waals surface area contributed by atoms with Crippen molar-refractivity contribution in [3.05, 3.63) is 54.4 Å². The first-order valence-electron chi connectivity index (χ1n) is 7.61. The predicted octanol–water partition coefficient (Wildman–Crippen LogP) is 5.10. The van der Waals surface area contributed by atoms with Crippen LogP contribution in [0.1, 0.15) is 26.3 Å². The lowest BCUT2D eigenvalue weighted by molar-refractivity contribution is 0.402. The third-order valence-corrected chi connectivity index (χ3v) is 8.94. The van der Waals surface area contributed by atoms with Gasteiger partial charge in [-0.25, -0.2) is 0 Å². The summed E-state index contributed by atoms with van der Waals surface area (Å²) in [5.41, 5.74) is 2.71. The maximum absolute atomic E-state index is 6.18. The van der Waals surface area contributed by atoms with Crippen LogP contribution >= 0.6 is 0 Å². The van der Waals surface area contributed by atoms with Gasteiger partial charge in [-0.1, -0.05) is 45.5 Å². The van der Waals surface area contributed by atoms with E-state index >= 15 is 0 Å². The van der Waals surface area contributed by atoms with Gasteiger partial charge in [0.05, 0.1) is 5.76 Å². The van der Waals surface area contributed by atoms with Crippen LogP contribution < -0.4 is 4.90 Å². The number of hydrogen-bond donors (Lipinski definition) is 0. The number of anilines is 1. The van der Waals surface area contributed by atoms with E-state index in [9.17, 15) is 0 Å². The molecular weight excluding hydrogens is 274 g/mol. The zero-order valence-corrected chi connectivity index (χ0v) is 14.9. The third-order valence-electron chi connectivity index (χ3n) is 4.56. The van der Waals surface area contributed by atoms with Crippen LogP contribution in [0.25, 0.3) is 0 Å². The number of benzene rings is 1. The molecule has 0 aromatic heterocycles. The van der Waals surface area contributed by atoms with Gasteiger partial charge < -0.3 is 9.33 Å². The lowest BCUT2D eigenvalue weighted by atomic mass is 10.2. The average Bonchev–Trinajstić information content (AvgIpc) is 2.77. The minimum Gasteiger partial charge on any atom is -0.544 e. The Labute approximate surface area is 130 Å². The lowest BCUT2D eigenvalue weighted by Crippen LogP contribution is -2.40. The van der Waals surface area contributed by atoms with Crippen LogP contribution in [0.5, 0.6) is 0 Å². The normalized spacial score (nSPS) is 15.4. The molecule has 3 heteroatoms. The molecule has 0 bridgehead atoms. The third kappa shape index (κ3) is 3.59. The van der Waals surface area contributed by atoms with E-state index in [0.29, 0.717) is 0 Å². The fourth-order valence-corrected chi connectivity index (χ4v) is 3.24. The lowest BCUT2D eigenvalue weighted by Gasteiger charge is -2.36. The molecule has 0 N–H and O–H groups in total. The van der Waals surface area contributed by atoms with E-state index in [-0.39, 0.29) is 5.04 Å². The van der Waals surface area contributed by atoms with Crippen LogP contribution in [0, 0.1) is 0 Å². The van der Waals surface area contributed by atoms with E-state index in [1.54, 1.807) is 0 Å². The van der Waals surface area contributed by atoms with Crippen LogP contribution in [0.3, 0.4) is 0 Å². The van der Waals surface area contributed by atoms with Gasteiger partial charge in [0.1, 0.15) is 0 Å². The summed E-state index contributed by atoms with van der Waals surface area (Å²) >= 11 is 0. The number of hydrogen-bond acceptors (Lipinski definition) is 2. The SMILES string of the molecule is C=C(/C=C/N1CCc2ccccc21)O[Si](C)(C)C(C)(C)C. The summed E-state index contributed by atoms with van der Waals surface area (Å²) in [5.74, 6) is 0.769.